The van der Waals surface area contributed by atoms with E-state index in [9.17, 15) is 14.0 Å². The van der Waals surface area contributed by atoms with E-state index < -0.39 is 17.8 Å². The van der Waals surface area contributed by atoms with Gasteiger partial charge in [-0.1, -0.05) is 44.2 Å². The van der Waals surface area contributed by atoms with Gasteiger partial charge in [-0.3, -0.25) is 9.59 Å². The average Bonchev–Trinajstić information content (AvgIpc) is 2.59. The van der Waals surface area contributed by atoms with Crippen molar-refractivity contribution in [1.82, 2.24) is 5.32 Å². The first-order valence-corrected chi connectivity index (χ1v) is 7.80. The summed E-state index contributed by atoms with van der Waals surface area (Å²) >= 11 is 0. The smallest absolute Gasteiger partial charge is 0.254 e. The highest BCUT2D eigenvalue weighted by Crippen LogP contribution is 2.16. The molecule has 0 saturated carbocycles. The summed E-state index contributed by atoms with van der Waals surface area (Å²) in [5.74, 6) is -1.59. The lowest BCUT2D eigenvalue weighted by molar-refractivity contribution is -0.121. The van der Waals surface area contributed by atoms with E-state index in [2.05, 4.69) is 5.32 Å². The van der Waals surface area contributed by atoms with Crippen molar-refractivity contribution >= 4 is 17.5 Å². The summed E-state index contributed by atoms with van der Waals surface area (Å²) < 4.78 is 13.8. The topological polar surface area (TPSA) is 49.4 Å². The Balaban J connectivity index is 2.19. The van der Waals surface area contributed by atoms with Crippen LogP contribution >= 0.6 is 0 Å². The van der Waals surface area contributed by atoms with Gasteiger partial charge >= 0.3 is 0 Å². The molecule has 4 nitrogen and oxygen atoms in total. The molecule has 5 heteroatoms. The highest BCUT2D eigenvalue weighted by Gasteiger charge is 2.28. The van der Waals surface area contributed by atoms with Crippen molar-refractivity contribution in [1.29, 1.82) is 0 Å². The molecule has 0 radical (unpaired) electrons. The molecule has 2 aromatic rings. The number of likely N-dealkylation sites (N-methyl/N-ethyl adjacent to an activating group) is 1. The minimum atomic E-state index is -0.748. The summed E-state index contributed by atoms with van der Waals surface area (Å²) in [5.41, 5.74) is 0.659. The van der Waals surface area contributed by atoms with Crippen LogP contribution in [0.2, 0.25) is 0 Å². The van der Waals surface area contributed by atoms with Gasteiger partial charge < -0.3 is 10.2 Å². The van der Waals surface area contributed by atoms with E-state index in [4.69, 9.17) is 0 Å². The first kappa shape index (κ1) is 17.7. The molecule has 0 aliphatic rings. The van der Waals surface area contributed by atoms with E-state index in [1.807, 2.05) is 44.2 Å². The van der Waals surface area contributed by atoms with Crippen molar-refractivity contribution in [2.45, 2.75) is 19.9 Å². The van der Waals surface area contributed by atoms with Gasteiger partial charge in [-0.25, -0.2) is 4.39 Å². The van der Waals surface area contributed by atoms with E-state index in [0.29, 0.717) is 0 Å². The van der Waals surface area contributed by atoms with Gasteiger partial charge in [-0.15, -0.1) is 0 Å². The summed E-state index contributed by atoms with van der Waals surface area (Å²) in [6, 6.07) is 14.1. The van der Waals surface area contributed by atoms with Gasteiger partial charge in [-0.2, -0.15) is 0 Å². The number of carbonyl (C=O) groups is 2. The summed E-state index contributed by atoms with van der Waals surface area (Å²) in [6.45, 7) is 3.67. The van der Waals surface area contributed by atoms with Gasteiger partial charge in [0.15, 0.2) is 0 Å². The Hall–Kier alpha value is -2.69. The molecule has 126 valence electrons. The molecule has 0 bridgehead atoms. The van der Waals surface area contributed by atoms with Crippen molar-refractivity contribution < 1.29 is 14.0 Å². The van der Waals surface area contributed by atoms with Crippen LogP contribution in [0.1, 0.15) is 24.2 Å². The van der Waals surface area contributed by atoms with E-state index in [-0.39, 0.29) is 17.4 Å². The van der Waals surface area contributed by atoms with E-state index >= 15 is 0 Å². The second-order valence-electron chi connectivity index (χ2n) is 5.91. The van der Waals surface area contributed by atoms with Crippen LogP contribution in [-0.4, -0.2) is 24.9 Å². The lowest BCUT2D eigenvalue weighted by atomic mass is 10.0. The molecule has 1 atom stereocenters. The Bertz CT molecular complexity index is 716. The van der Waals surface area contributed by atoms with Gasteiger partial charge in [0, 0.05) is 12.7 Å². The van der Waals surface area contributed by atoms with Gasteiger partial charge in [0.05, 0.1) is 5.56 Å². The summed E-state index contributed by atoms with van der Waals surface area (Å²) in [7, 11) is 1.66. The maximum absolute atomic E-state index is 13.8. The zero-order valence-electron chi connectivity index (χ0n) is 14.0. The molecular weight excluding hydrogens is 307 g/mol. The number of carbonyl (C=O) groups excluding carboxylic acids is 2. The largest absolute Gasteiger partial charge is 0.340 e. The molecule has 24 heavy (non-hydrogen) atoms. The molecule has 0 aliphatic heterocycles. The highest BCUT2D eigenvalue weighted by atomic mass is 19.1. The SMILES string of the molecule is CC(C)C(NC(=O)c1ccccc1F)C(=O)N(C)c1ccccc1. The first-order valence-electron chi connectivity index (χ1n) is 7.80. The van der Waals surface area contributed by atoms with Crippen LogP contribution in [0.3, 0.4) is 0 Å². The predicted molar refractivity (Wildman–Crippen MR) is 92.3 cm³/mol. The number of hydrogen-bond donors (Lipinski definition) is 1. The van der Waals surface area contributed by atoms with Crippen molar-refractivity contribution in [2.75, 3.05) is 11.9 Å². The van der Waals surface area contributed by atoms with Crippen molar-refractivity contribution in [3.8, 4) is 0 Å². The Morgan fingerprint density at radius 3 is 2.17 bits per heavy atom. The Morgan fingerprint density at radius 2 is 1.58 bits per heavy atom. The zero-order valence-corrected chi connectivity index (χ0v) is 14.0. The highest BCUT2D eigenvalue weighted by molar-refractivity contribution is 6.02. The minimum Gasteiger partial charge on any atom is -0.340 e. The second-order valence-corrected chi connectivity index (χ2v) is 5.91. The molecule has 1 N–H and O–H groups in total. The third-order valence-corrected chi connectivity index (χ3v) is 3.81. The number of nitrogens with zero attached hydrogens (tertiary/aromatic N) is 1. The molecule has 0 fully saturated rings. The van der Waals surface area contributed by atoms with Crippen LogP contribution < -0.4 is 10.2 Å². The number of para-hydroxylation sites is 1. The Morgan fingerprint density at radius 1 is 1.00 bits per heavy atom. The van der Waals surface area contributed by atoms with Crippen molar-refractivity contribution in [2.24, 2.45) is 5.92 Å². The quantitative estimate of drug-likeness (QED) is 0.916. The van der Waals surface area contributed by atoms with Crippen molar-refractivity contribution in [3.05, 3.63) is 66.0 Å². The number of nitrogens with one attached hydrogen (secondary N) is 1. The van der Waals surface area contributed by atoms with Crippen LogP contribution in [0.5, 0.6) is 0 Å². The van der Waals surface area contributed by atoms with Gasteiger partial charge in [0.1, 0.15) is 11.9 Å². The maximum Gasteiger partial charge on any atom is 0.254 e. The Labute approximate surface area is 141 Å². The Kier molecular flexibility index (Phi) is 5.68. The monoisotopic (exact) mass is 328 g/mol. The number of amides is 2. The molecule has 0 aliphatic carbocycles. The molecule has 0 spiro atoms. The lowest BCUT2D eigenvalue weighted by Gasteiger charge is -2.27. The van der Waals surface area contributed by atoms with Gasteiger partial charge in [0.25, 0.3) is 5.91 Å². The standard InChI is InChI=1S/C19H21FN2O2/c1-13(2)17(19(24)22(3)14-9-5-4-6-10-14)21-18(23)15-11-7-8-12-16(15)20/h4-13,17H,1-3H3,(H,21,23). The van der Waals surface area contributed by atoms with Crippen LogP contribution in [0.25, 0.3) is 0 Å². The summed E-state index contributed by atoms with van der Waals surface area (Å²) in [5, 5.41) is 2.65. The number of rotatable bonds is 5. The summed E-state index contributed by atoms with van der Waals surface area (Å²) in [6.07, 6.45) is 0. The van der Waals surface area contributed by atoms with Gasteiger partial charge in [-0.05, 0) is 30.2 Å². The fourth-order valence-corrected chi connectivity index (χ4v) is 2.37. The molecule has 2 aromatic carbocycles. The van der Waals surface area contributed by atoms with Crippen molar-refractivity contribution in [3.63, 3.8) is 0 Å². The number of benzene rings is 2. The number of anilines is 1. The molecule has 2 amide bonds. The zero-order chi connectivity index (χ0) is 17.7. The van der Waals surface area contributed by atoms with Gasteiger partial charge in [0.2, 0.25) is 5.91 Å². The molecular formula is C19H21FN2O2. The van der Waals surface area contributed by atoms with Crippen LogP contribution in [0.15, 0.2) is 54.6 Å². The number of hydrogen-bond acceptors (Lipinski definition) is 2. The minimum absolute atomic E-state index is 0.0710. The van der Waals surface area contributed by atoms with Crippen LogP contribution in [0, 0.1) is 11.7 Å². The summed E-state index contributed by atoms with van der Waals surface area (Å²) in [4.78, 5) is 26.6. The lowest BCUT2D eigenvalue weighted by Crippen LogP contribution is -2.50. The average molecular weight is 328 g/mol. The maximum atomic E-state index is 13.8. The molecule has 0 aromatic heterocycles. The fourth-order valence-electron chi connectivity index (χ4n) is 2.37. The van der Waals surface area contributed by atoms with Crippen LogP contribution in [0.4, 0.5) is 10.1 Å². The number of halogens is 1. The molecule has 0 heterocycles. The van der Waals surface area contributed by atoms with E-state index in [1.54, 1.807) is 13.1 Å². The third-order valence-electron chi connectivity index (χ3n) is 3.81. The normalized spacial score (nSPS) is 11.9. The predicted octanol–water partition coefficient (Wildman–Crippen LogP) is 3.24. The van der Waals surface area contributed by atoms with Crippen LogP contribution in [-0.2, 0) is 4.79 Å². The van der Waals surface area contributed by atoms with E-state index in [1.165, 1.54) is 23.1 Å². The molecule has 1 unspecified atom stereocenters. The fraction of sp³-hybridized carbons (Fsp3) is 0.263. The van der Waals surface area contributed by atoms with E-state index in [0.717, 1.165) is 5.69 Å². The molecule has 0 saturated heterocycles. The first-order chi connectivity index (χ1) is 11.4. The second kappa shape index (κ2) is 7.73. The molecule has 2 rings (SSSR count). The third kappa shape index (κ3) is 3.98.